The molecule has 0 spiro atoms. The fourth-order valence-electron chi connectivity index (χ4n) is 2.03. The van der Waals surface area contributed by atoms with Gasteiger partial charge in [-0.05, 0) is 23.8 Å². The predicted molar refractivity (Wildman–Crippen MR) is 88.7 cm³/mol. The molecule has 2 atom stereocenters. The van der Waals surface area contributed by atoms with E-state index in [0.717, 1.165) is 5.56 Å². The minimum Gasteiger partial charge on any atom is -0.506 e. The van der Waals surface area contributed by atoms with Crippen LogP contribution in [0.5, 0.6) is 5.75 Å². The van der Waals surface area contributed by atoms with Crippen LogP contribution in [0.2, 0.25) is 5.02 Å². The van der Waals surface area contributed by atoms with Crippen molar-refractivity contribution in [1.29, 1.82) is 0 Å². The molecule has 0 bridgehead atoms. The number of hydrogen-bond donors (Lipinski definition) is 2. The molecule has 0 aliphatic heterocycles. The molecule has 0 aliphatic rings. The van der Waals surface area contributed by atoms with Crippen LogP contribution in [-0.2, 0) is 10.8 Å². The van der Waals surface area contributed by atoms with Gasteiger partial charge in [-0.2, -0.15) is 0 Å². The predicted octanol–water partition coefficient (Wildman–Crippen LogP) is 2.90. The number of carbonyl (C=O) groups is 1. The maximum atomic E-state index is 12.3. The number of amides is 1. The summed E-state index contributed by atoms with van der Waals surface area (Å²) in [4.78, 5) is 12.3. The Morgan fingerprint density at radius 2 is 1.95 bits per heavy atom. The van der Waals surface area contributed by atoms with Crippen molar-refractivity contribution in [2.75, 3.05) is 12.0 Å². The number of phenols is 1. The van der Waals surface area contributed by atoms with Crippen molar-refractivity contribution < 1.29 is 14.1 Å². The summed E-state index contributed by atoms with van der Waals surface area (Å²) in [5.74, 6) is -0.0876. The molecule has 2 aromatic rings. The summed E-state index contributed by atoms with van der Waals surface area (Å²) >= 11 is 5.82. The molecule has 0 unspecified atom stereocenters. The Kier molecular flexibility index (Phi) is 5.57. The lowest BCUT2D eigenvalue weighted by Gasteiger charge is -2.18. The second-order valence-electron chi connectivity index (χ2n) is 4.84. The third-order valence-electron chi connectivity index (χ3n) is 3.12. The molecular weight excluding hydrogens is 322 g/mol. The Hall–Kier alpha value is -1.85. The molecule has 0 saturated carbocycles. The first-order valence-corrected chi connectivity index (χ1v) is 8.72. The summed E-state index contributed by atoms with van der Waals surface area (Å²) in [6, 6.07) is 13.3. The van der Waals surface area contributed by atoms with Gasteiger partial charge in [0.15, 0.2) is 0 Å². The van der Waals surface area contributed by atoms with Gasteiger partial charge < -0.3 is 10.4 Å². The molecule has 2 aromatic carbocycles. The third kappa shape index (κ3) is 4.32. The van der Waals surface area contributed by atoms with E-state index in [1.165, 1.54) is 18.2 Å². The van der Waals surface area contributed by atoms with Crippen molar-refractivity contribution in [1.82, 2.24) is 5.32 Å². The number of carbonyl (C=O) groups excluding carboxylic acids is 1. The summed E-state index contributed by atoms with van der Waals surface area (Å²) in [6.45, 7) is 0. The van der Waals surface area contributed by atoms with Gasteiger partial charge in [0.05, 0.1) is 11.1 Å². The summed E-state index contributed by atoms with van der Waals surface area (Å²) in [6.07, 6.45) is 1.60. The van der Waals surface area contributed by atoms with Gasteiger partial charge in [0, 0.05) is 28.4 Å². The zero-order valence-corrected chi connectivity index (χ0v) is 13.5. The first-order chi connectivity index (χ1) is 10.5. The fraction of sp³-hybridized carbons (Fsp3) is 0.188. The van der Waals surface area contributed by atoms with E-state index in [4.69, 9.17) is 11.6 Å². The quantitative estimate of drug-likeness (QED) is 0.881. The van der Waals surface area contributed by atoms with Crippen LogP contribution in [0.15, 0.2) is 48.5 Å². The standard InChI is InChI=1S/C16H16ClNO3S/c1-22(21)10-14(11-5-3-2-4-6-11)18-16(20)12-7-8-15(19)13(17)9-12/h2-9,14,19H,10H2,1H3,(H,18,20)/t14-,22-/m0/s1. The van der Waals surface area contributed by atoms with Crippen LogP contribution in [0.1, 0.15) is 22.0 Å². The summed E-state index contributed by atoms with van der Waals surface area (Å²) < 4.78 is 11.5. The first-order valence-electron chi connectivity index (χ1n) is 6.61. The minimum absolute atomic E-state index is 0.0764. The van der Waals surface area contributed by atoms with Gasteiger partial charge in [-0.1, -0.05) is 41.9 Å². The number of benzene rings is 2. The van der Waals surface area contributed by atoms with Crippen molar-refractivity contribution in [3.63, 3.8) is 0 Å². The van der Waals surface area contributed by atoms with Gasteiger partial charge in [0.2, 0.25) is 0 Å². The van der Waals surface area contributed by atoms with E-state index in [2.05, 4.69) is 5.32 Å². The highest BCUT2D eigenvalue weighted by molar-refractivity contribution is 7.84. The second-order valence-corrected chi connectivity index (χ2v) is 6.73. The minimum atomic E-state index is -1.06. The van der Waals surface area contributed by atoms with Crippen LogP contribution in [-0.4, -0.2) is 27.2 Å². The number of halogens is 1. The van der Waals surface area contributed by atoms with E-state index in [0.29, 0.717) is 11.3 Å². The smallest absolute Gasteiger partial charge is 0.251 e. The summed E-state index contributed by atoms with van der Waals surface area (Å²) in [5, 5.41) is 12.4. The van der Waals surface area contributed by atoms with Crippen molar-refractivity contribution >= 4 is 28.3 Å². The maximum Gasteiger partial charge on any atom is 0.251 e. The SMILES string of the molecule is C[S@](=O)C[C@H](NC(=O)c1ccc(O)c(Cl)c1)c1ccccc1. The molecule has 116 valence electrons. The van der Waals surface area contributed by atoms with Crippen LogP contribution in [0, 0.1) is 0 Å². The highest BCUT2D eigenvalue weighted by atomic mass is 35.5. The van der Waals surface area contributed by atoms with Crippen molar-refractivity contribution in [3.8, 4) is 5.75 Å². The van der Waals surface area contributed by atoms with E-state index in [-0.39, 0.29) is 22.7 Å². The largest absolute Gasteiger partial charge is 0.506 e. The zero-order valence-electron chi connectivity index (χ0n) is 12.0. The highest BCUT2D eigenvalue weighted by Gasteiger charge is 2.17. The van der Waals surface area contributed by atoms with E-state index in [1.54, 1.807) is 6.26 Å². The van der Waals surface area contributed by atoms with Gasteiger partial charge in [0.1, 0.15) is 5.75 Å². The Morgan fingerprint density at radius 3 is 2.55 bits per heavy atom. The first kappa shape index (κ1) is 16.5. The Balaban J connectivity index is 2.21. The number of nitrogens with one attached hydrogen (secondary N) is 1. The average molecular weight is 338 g/mol. The summed E-state index contributed by atoms with van der Waals surface area (Å²) in [7, 11) is -1.06. The van der Waals surface area contributed by atoms with Crippen molar-refractivity contribution in [2.24, 2.45) is 0 Å². The van der Waals surface area contributed by atoms with Gasteiger partial charge >= 0.3 is 0 Å². The third-order valence-corrected chi connectivity index (χ3v) is 4.22. The van der Waals surface area contributed by atoms with Crippen LogP contribution < -0.4 is 5.32 Å². The topological polar surface area (TPSA) is 66.4 Å². The second kappa shape index (κ2) is 7.42. The lowest BCUT2D eigenvalue weighted by molar-refractivity contribution is 0.0940. The normalized spacial score (nSPS) is 13.4. The number of phenolic OH excluding ortho intramolecular Hbond substituents is 1. The molecule has 22 heavy (non-hydrogen) atoms. The van der Waals surface area contributed by atoms with E-state index in [9.17, 15) is 14.1 Å². The summed E-state index contributed by atoms with van der Waals surface area (Å²) in [5.41, 5.74) is 1.22. The van der Waals surface area contributed by atoms with Crippen LogP contribution >= 0.6 is 11.6 Å². The molecule has 2 N–H and O–H groups in total. The molecule has 0 fully saturated rings. The Bertz CT molecular complexity index is 691. The molecule has 4 nitrogen and oxygen atoms in total. The molecular formula is C16H16ClNO3S. The van der Waals surface area contributed by atoms with Crippen LogP contribution in [0.4, 0.5) is 0 Å². The van der Waals surface area contributed by atoms with Crippen molar-refractivity contribution in [2.45, 2.75) is 6.04 Å². The van der Waals surface area contributed by atoms with E-state index >= 15 is 0 Å². The molecule has 6 heteroatoms. The lowest BCUT2D eigenvalue weighted by atomic mass is 10.1. The number of aromatic hydroxyl groups is 1. The molecule has 0 saturated heterocycles. The molecule has 1 amide bonds. The average Bonchev–Trinajstić information content (AvgIpc) is 2.49. The molecule has 0 radical (unpaired) electrons. The zero-order chi connectivity index (χ0) is 16.1. The van der Waals surface area contributed by atoms with Gasteiger partial charge in [-0.15, -0.1) is 0 Å². The van der Waals surface area contributed by atoms with E-state index < -0.39 is 10.8 Å². The van der Waals surface area contributed by atoms with Gasteiger partial charge in [0.25, 0.3) is 5.91 Å². The van der Waals surface area contributed by atoms with Crippen LogP contribution in [0.3, 0.4) is 0 Å². The lowest BCUT2D eigenvalue weighted by Crippen LogP contribution is -2.31. The monoisotopic (exact) mass is 337 g/mol. The number of rotatable bonds is 5. The van der Waals surface area contributed by atoms with Crippen molar-refractivity contribution in [3.05, 3.63) is 64.7 Å². The molecule has 0 aromatic heterocycles. The number of hydrogen-bond acceptors (Lipinski definition) is 3. The Labute approximate surface area is 136 Å². The molecule has 0 heterocycles. The van der Waals surface area contributed by atoms with E-state index in [1.807, 2.05) is 30.3 Å². The maximum absolute atomic E-state index is 12.3. The highest BCUT2D eigenvalue weighted by Crippen LogP contribution is 2.24. The Morgan fingerprint density at radius 1 is 1.27 bits per heavy atom. The van der Waals surface area contributed by atoms with Gasteiger partial charge in [-0.3, -0.25) is 9.00 Å². The van der Waals surface area contributed by atoms with Gasteiger partial charge in [-0.25, -0.2) is 0 Å². The molecule has 2 rings (SSSR count). The van der Waals surface area contributed by atoms with Crippen LogP contribution in [0.25, 0.3) is 0 Å². The molecule has 0 aliphatic carbocycles. The fourth-order valence-corrected chi connectivity index (χ4v) is 2.96.